The lowest BCUT2D eigenvalue weighted by molar-refractivity contribution is 0.100. The van der Waals surface area contributed by atoms with E-state index in [2.05, 4.69) is 25.9 Å². The molecule has 0 aliphatic rings. The van der Waals surface area contributed by atoms with Crippen LogP contribution < -0.4 is 5.73 Å². The molecule has 0 atom stereocenters. The number of benzene rings is 2. The van der Waals surface area contributed by atoms with E-state index < -0.39 is 5.91 Å². The maximum atomic E-state index is 11.1. The summed E-state index contributed by atoms with van der Waals surface area (Å²) in [5.74, 6) is 0.318. The van der Waals surface area contributed by atoms with Crippen molar-refractivity contribution in [1.82, 2.24) is 9.97 Å². The molecule has 3 N–H and O–H groups in total. The molecular weight excluding hydrogens is 306 g/mol. The molecule has 0 fully saturated rings. The van der Waals surface area contributed by atoms with Crippen LogP contribution in [0.3, 0.4) is 0 Å². The van der Waals surface area contributed by atoms with Crippen LogP contribution in [0.15, 0.2) is 46.9 Å². The zero-order valence-electron chi connectivity index (χ0n) is 9.85. The monoisotopic (exact) mass is 315 g/mol. The molecule has 2 aromatic carbocycles. The minimum atomic E-state index is -0.444. The summed E-state index contributed by atoms with van der Waals surface area (Å²) in [4.78, 5) is 18.8. The van der Waals surface area contributed by atoms with E-state index in [0.717, 1.165) is 26.9 Å². The first-order valence-electron chi connectivity index (χ1n) is 5.69. The first kappa shape index (κ1) is 11.9. The van der Waals surface area contributed by atoms with Crippen molar-refractivity contribution in [3.8, 4) is 11.4 Å². The molecule has 0 bridgehead atoms. The molecule has 19 heavy (non-hydrogen) atoms. The Morgan fingerprint density at radius 3 is 2.79 bits per heavy atom. The number of carbonyl (C=O) groups is 1. The lowest BCUT2D eigenvalue weighted by Gasteiger charge is -1.96. The Bertz CT molecular complexity index is 779. The fourth-order valence-corrected chi connectivity index (χ4v) is 2.33. The first-order chi connectivity index (χ1) is 9.13. The Labute approximate surface area is 117 Å². The summed E-state index contributed by atoms with van der Waals surface area (Å²) in [6, 6.07) is 13.0. The van der Waals surface area contributed by atoms with Gasteiger partial charge in [0.15, 0.2) is 0 Å². The van der Waals surface area contributed by atoms with Gasteiger partial charge in [0, 0.05) is 15.6 Å². The number of halogens is 1. The van der Waals surface area contributed by atoms with Crippen LogP contribution in [-0.2, 0) is 0 Å². The summed E-state index contributed by atoms with van der Waals surface area (Å²) in [5.41, 5.74) is 8.31. The zero-order chi connectivity index (χ0) is 13.4. The fraction of sp³-hybridized carbons (Fsp3) is 0. The highest BCUT2D eigenvalue weighted by Gasteiger charge is 2.08. The second kappa shape index (κ2) is 4.51. The highest BCUT2D eigenvalue weighted by Crippen LogP contribution is 2.23. The maximum Gasteiger partial charge on any atom is 0.248 e. The van der Waals surface area contributed by atoms with E-state index >= 15 is 0 Å². The summed E-state index contributed by atoms with van der Waals surface area (Å²) in [5, 5.41) is 0. The van der Waals surface area contributed by atoms with E-state index in [1.165, 1.54) is 0 Å². The Morgan fingerprint density at radius 1 is 1.21 bits per heavy atom. The van der Waals surface area contributed by atoms with Crippen LogP contribution in [0.4, 0.5) is 0 Å². The van der Waals surface area contributed by atoms with Crippen molar-refractivity contribution in [2.75, 3.05) is 0 Å². The van der Waals surface area contributed by atoms with Gasteiger partial charge in [-0.05, 0) is 30.3 Å². The van der Waals surface area contributed by atoms with E-state index in [9.17, 15) is 4.79 Å². The molecule has 0 spiro atoms. The molecule has 4 nitrogen and oxygen atoms in total. The van der Waals surface area contributed by atoms with Crippen molar-refractivity contribution in [1.29, 1.82) is 0 Å². The molecular formula is C14H10BrN3O. The van der Waals surface area contributed by atoms with Gasteiger partial charge < -0.3 is 10.7 Å². The molecule has 1 aromatic heterocycles. The van der Waals surface area contributed by atoms with Crippen molar-refractivity contribution in [2.45, 2.75) is 0 Å². The van der Waals surface area contributed by atoms with Crippen LogP contribution in [0.2, 0.25) is 0 Å². The van der Waals surface area contributed by atoms with Crippen LogP contribution in [0, 0.1) is 0 Å². The van der Waals surface area contributed by atoms with Gasteiger partial charge in [-0.25, -0.2) is 4.98 Å². The summed E-state index contributed by atoms with van der Waals surface area (Å²) in [6.45, 7) is 0. The second-order valence-electron chi connectivity index (χ2n) is 4.19. The Kier molecular flexibility index (Phi) is 2.83. The number of nitrogens with one attached hydrogen (secondary N) is 1. The van der Waals surface area contributed by atoms with E-state index in [0.29, 0.717) is 5.56 Å². The predicted octanol–water partition coefficient (Wildman–Crippen LogP) is 3.09. The molecule has 0 saturated carbocycles. The SMILES string of the molecule is NC(=O)c1ccc2nc(-c3cccc(Br)c3)[nH]c2c1. The molecule has 0 aliphatic heterocycles. The summed E-state index contributed by atoms with van der Waals surface area (Å²) in [7, 11) is 0. The maximum absolute atomic E-state index is 11.1. The highest BCUT2D eigenvalue weighted by atomic mass is 79.9. The largest absolute Gasteiger partial charge is 0.366 e. The van der Waals surface area contributed by atoms with Gasteiger partial charge in [0.25, 0.3) is 0 Å². The highest BCUT2D eigenvalue weighted by molar-refractivity contribution is 9.10. The standard InChI is InChI=1S/C14H10BrN3O/c15-10-3-1-2-9(6-10)14-17-11-5-4-8(13(16)19)7-12(11)18-14/h1-7H,(H2,16,19)(H,17,18). The smallest absolute Gasteiger partial charge is 0.248 e. The fourth-order valence-electron chi connectivity index (χ4n) is 1.94. The number of imidazole rings is 1. The molecule has 3 aromatic rings. The Morgan fingerprint density at radius 2 is 2.05 bits per heavy atom. The number of carbonyl (C=O) groups excluding carboxylic acids is 1. The summed E-state index contributed by atoms with van der Waals surface area (Å²) in [6.07, 6.45) is 0. The first-order valence-corrected chi connectivity index (χ1v) is 6.48. The number of aromatic nitrogens is 2. The van der Waals surface area contributed by atoms with Crippen LogP contribution >= 0.6 is 15.9 Å². The summed E-state index contributed by atoms with van der Waals surface area (Å²) >= 11 is 3.43. The minimum absolute atomic E-state index is 0.444. The Hall–Kier alpha value is -2.14. The molecule has 1 heterocycles. The second-order valence-corrected chi connectivity index (χ2v) is 5.11. The molecule has 5 heteroatoms. The van der Waals surface area contributed by atoms with Crippen LogP contribution in [0.5, 0.6) is 0 Å². The topological polar surface area (TPSA) is 71.8 Å². The quantitative estimate of drug-likeness (QED) is 0.762. The molecule has 3 rings (SSSR count). The van der Waals surface area contributed by atoms with Gasteiger partial charge in [0.05, 0.1) is 11.0 Å². The third kappa shape index (κ3) is 2.24. The number of hydrogen-bond acceptors (Lipinski definition) is 2. The third-order valence-electron chi connectivity index (χ3n) is 2.86. The average Bonchev–Trinajstić information content (AvgIpc) is 2.81. The van der Waals surface area contributed by atoms with E-state index in [-0.39, 0.29) is 0 Å². The van der Waals surface area contributed by atoms with E-state index in [1.54, 1.807) is 18.2 Å². The third-order valence-corrected chi connectivity index (χ3v) is 3.36. The number of fused-ring (bicyclic) bond motifs is 1. The number of H-pyrrole nitrogens is 1. The molecule has 0 aliphatic carbocycles. The number of nitrogens with zero attached hydrogens (tertiary/aromatic N) is 1. The van der Waals surface area contributed by atoms with E-state index in [4.69, 9.17) is 5.73 Å². The molecule has 1 amide bonds. The van der Waals surface area contributed by atoms with Gasteiger partial charge >= 0.3 is 0 Å². The number of nitrogens with two attached hydrogens (primary N) is 1. The van der Waals surface area contributed by atoms with Crippen molar-refractivity contribution < 1.29 is 4.79 Å². The molecule has 0 unspecified atom stereocenters. The lowest BCUT2D eigenvalue weighted by atomic mass is 10.2. The summed E-state index contributed by atoms with van der Waals surface area (Å²) < 4.78 is 0.989. The van der Waals surface area contributed by atoms with E-state index in [1.807, 2.05) is 24.3 Å². The minimum Gasteiger partial charge on any atom is -0.366 e. The predicted molar refractivity (Wildman–Crippen MR) is 77.7 cm³/mol. The van der Waals surface area contributed by atoms with Crippen LogP contribution in [0.25, 0.3) is 22.4 Å². The van der Waals surface area contributed by atoms with Crippen LogP contribution in [-0.4, -0.2) is 15.9 Å². The van der Waals surface area contributed by atoms with Crippen LogP contribution in [0.1, 0.15) is 10.4 Å². The van der Waals surface area contributed by atoms with Gasteiger partial charge in [0.1, 0.15) is 5.82 Å². The molecule has 0 saturated heterocycles. The van der Waals surface area contributed by atoms with Crippen molar-refractivity contribution in [3.63, 3.8) is 0 Å². The molecule has 0 radical (unpaired) electrons. The number of amides is 1. The van der Waals surface area contributed by atoms with Gasteiger partial charge in [-0.3, -0.25) is 4.79 Å². The van der Waals surface area contributed by atoms with Gasteiger partial charge in [-0.1, -0.05) is 28.1 Å². The number of aromatic amines is 1. The van der Waals surface area contributed by atoms with Crippen molar-refractivity contribution >= 4 is 32.9 Å². The number of rotatable bonds is 2. The lowest BCUT2D eigenvalue weighted by Crippen LogP contribution is -2.10. The number of hydrogen-bond donors (Lipinski definition) is 2. The van der Waals surface area contributed by atoms with Crippen molar-refractivity contribution in [2.24, 2.45) is 5.73 Å². The zero-order valence-corrected chi connectivity index (χ0v) is 11.4. The average molecular weight is 316 g/mol. The molecule has 94 valence electrons. The van der Waals surface area contributed by atoms with Gasteiger partial charge in [-0.15, -0.1) is 0 Å². The van der Waals surface area contributed by atoms with Gasteiger partial charge in [-0.2, -0.15) is 0 Å². The Balaban J connectivity index is 2.14. The van der Waals surface area contributed by atoms with Gasteiger partial charge in [0.2, 0.25) is 5.91 Å². The number of primary amides is 1. The normalized spacial score (nSPS) is 10.8. The van der Waals surface area contributed by atoms with Crippen molar-refractivity contribution in [3.05, 3.63) is 52.5 Å².